The van der Waals surface area contributed by atoms with E-state index in [1.165, 1.54) is 0 Å². The summed E-state index contributed by atoms with van der Waals surface area (Å²) in [6.07, 6.45) is -1.33. The highest BCUT2D eigenvalue weighted by molar-refractivity contribution is 7.00. The van der Waals surface area contributed by atoms with Crippen LogP contribution in [0.15, 0.2) is 121 Å². The van der Waals surface area contributed by atoms with Crippen LogP contribution in [0, 0.1) is 0 Å². The molecular formula is C39H48O5Si2. The van der Waals surface area contributed by atoms with Crippen molar-refractivity contribution in [2.45, 2.75) is 82.8 Å². The first-order valence-electron chi connectivity index (χ1n) is 16.3. The van der Waals surface area contributed by atoms with E-state index in [-0.39, 0.29) is 29.1 Å². The van der Waals surface area contributed by atoms with Gasteiger partial charge < -0.3 is 18.7 Å². The van der Waals surface area contributed by atoms with Gasteiger partial charge in [0.1, 0.15) is 12.2 Å². The van der Waals surface area contributed by atoms with Crippen LogP contribution < -0.4 is 20.7 Å². The third-order valence-corrected chi connectivity index (χ3v) is 19.3. The monoisotopic (exact) mass is 652 g/mol. The molecule has 5 rings (SSSR count). The van der Waals surface area contributed by atoms with Gasteiger partial charge in [0.2, 0.25) is 0 Å². The summed E-state index contributed by atoms with van der Waals surface area (Å²) in [7, 11) is -5.75. The van der Waals surface area contributed by atoms with Gasteiger partial charge in [-0.25, -0.2) is 4.79 Å². The van der Waals surface area contributed by atoms with Crippen molar-refractivity contribution in [3.63, 3.8) is 0 Å². The third kappa shape index (κ3) is 6.71. The van der Waals surface area contributed by atoms with Gasteiger partial charge in [-0.15, -0.1) is 0 Å². The summed E-state index contributed by atoms with van der Waals surface area (Å²) in [5.41, 5.74) is 0. The highest BCUT2D eigenvalue weighted by atomic mass is 28.4. The van der Waals surface area contributed by atoms with Crippen LogP contribution in [0.2, 0.25) is 10.1 Å². The second-order valence-corrected chi connectivity index (χ2v) is 23.0. The van der Waals surface area contributed by atoms with Crippen LogP contribution in [0.3, 0.4) is 0 Å². The first kappa shape index (κ1) is 34.0. The zero-order valence-electron chi connectivity index (χ0n) is 28.0. The number of cyclic esters (lactones) is 1. The van der Waals surface area contributed by atoms with Crippen molar-refractivity contribution in [1.82, 2.24) is 0 Å². The van der Waals surface area contributed by atoms with Gasteiger partial charge in [0.05, 0.1) is 12.7 Å². The van der Waals surface area contributed by atoms with E-state index in [1.54, 1.807) is 0 Å². The van der Waals surface area contributed by atoms with Gasteiger partial charge in [-0.1, -0.05) is 163 Å². The summed E-state index contributed by atoms with van der Waals surface area (Å²) in [6.45, 7) is 13.4. The van der Waals surface area contributed by atoms with Gasteiger partial charge >= 0.3 is 5.97 Å². The molecule has 0 bridgehead atoms. The fraction of sp³-hybridized carbons (Fsp3) is 0.359. The molecule has 3 atom stereocenters. The number of carbonyl (C=O) groups is 1. The molecule has 0 aliphatic carbocycles. The molecule has 1 aliphatic heterocycles. The number of ether oxygens (including phenoxy) is 1. The number of hydrogen-bond donors (Lipinski definition) is 1. The number of benzene rings is 4. The maximum absolute atomic E-state index is 13.4. The Balaban J connectivity index is 1.36. The normalized spacial score (nSPS) is 18.3. The van der Waals surface area contributed by atoms with Crippen molar-refractivity contribution < 1.29 is 23.5 Å². The third-order valence-electron chi connectivity index (χ3n) is 9.20. The molecular weight excluding hydrogens is 605 g/mol. The topological polar surface area (TPSA) is 65.0 Å². The largest absolute Gasteiger partial charge is 0.460 e. The molecule has 0 aromatic heterocycles. The van der Waals surface area contributed by atoms with Crippen LogP contribution in [0.5, 0.6) is 0 Å². The summed E-state index contributed by atoms with van der Waals surface area (Å²) < 4.78 is 19.9. The van der Waals surface area contributed by atoms with E-state index in [2.05, 4.69) is 114 Å². The minimum absolute atomic E-state index is 0.140. The van der Waals surface area contributed by atoms with Crippen molar-refractivity contribution in [1.29, 1.82) is 0 Å². The molecule has 1 fully saturated rings. The molecule has 0 unspecified atom stereocenters. The Bertz CT molecular complexity index is 1470. The average molecular weight is 653 g/mol. The number of aliphatic hydroxyl groups is 1. The minimum atomic E-state index is -2.94. The molecule has 5 nitrogen and oxygen atoms in total. The molecule has 4 aromatic carbocycles. The molecule has 7 heteroatoms. The van der Waals surface area contributed by atoms with Crippen LogP contribution in [-0.4, -0.2) is 52.6 Å². The number of carbonyl (C=O) groups excluding carboxylic acids is 1. The second kappa shape index (κ2) is 13.8. The lowest BCUT2D eigenvalue weighted by molar-refractivity contribution is -0.147. The predicted octanol–water partition coefficient (Wildman–Crippen LogP) is 5.57. The van der Waals surface area contributed by atoms with Crippen LogP contribution in [0.4, 0.5) is 0 Å². The molecule has 0 radical (unpaired) electrons. The van der Waals surface area contributed by atoms with Crippen molar-refractivity contribution >= 4 is 43.4 Å². The fourth-order valence-corrected chi connectivity index (χ4v) is 16.4. The van der Waals surface area contributed by atoms with Gasteiger partial charge in [0, 0.05) is 12.8 Å². The Labute approximate surface area is 276 Å². The van der Waals surface area contributed by atoms with E-state index in [9.17, 15) is 9.90 Å². The Morgan fingerprint density at radius 2 is 1.04 bits per heavy atom. The summed E-state index contributed by atoms with van der Waals surface area (Å²) >= 11 is 0. The number of rotatable bonds is 11. The van der Waals surface area contributed by atoms with Crippen LogP contribution in [-0.2, 0) is 18.4 Å². The van der Waals surface area contributed by atoms with Crippen LogP contribution in [0.1, 0.15) is 54.4 Å². The minimum Gasteiger partial charge on any atom is -0.460 e. The molecule has 46 heavy (non-hydrogen) atoms. The highest BCUT2D eigenvalue weighted by Gasteiger charge is 2.54. The summed E-state index contributed by atoms with van der Waals surface area (Å²) in [6, 6.07) is 41.4. The smallest absolute Gasteiger partial charge is 0.334 e. The molecule has 1 aliphatic rings. The van der Waals surface area contributed by atoms with Crippen molar-refractivity contribution in [3.8, 4) is 0 Å². The molecule has 1 heterocycles. The predicted molar refractivity (Wildman–Crippen MR) is 191 cm³/mol. The van der Waals surface area contributed by atoms with E-state index in [4.69, 9.17) is 13.6 Å². The van der Waals surface area contributed by atoms with Crippen molar-refractivity contribution in [2.24, 2.45) is 0 Å². The van der Waals surface area contributed by atoms with E-state index in [0.29, 0.717) is 6.42 Å². The second-order valence-electron chi connectivity index (χ2n) is 14.4. The Morgan fingerprint density at radius 1 is 0.674 bits per heavy atom. The lowest BCUT2D eigenvalue weighted by Gasteiger charge is -2.44. The lowest BCUT2D eigenvalue weighted by Crippen LogP contribution is -2.68. The lowest BCUT2D eigenvalue weighted by atomic mass is 10.1. The molecule has 1 saturated heterocycles. The molecule has 1 N–H and O–H groups in total. The van der Waals surface area contributed by atoms with Crippen LogP contribution in [0.25, 0.3) is 0 Å². The number of esters is 1. The number of hydrogen-bond acceptors (Lipinski definition) is 5. The summed E-state index contributed by atoms with van der Waals surface area (Å²) in [5, 5.41) is 15.5. The average Bonchev–Trinajstić information content (AvgIpc) is 3.38. The van der Waals surface area contributed by atoms with Crippen LogP contribution >= 0.6 is 0 Å². The Kier molecular flexibility index (Phi) is 10.2. The first-order valence-corrected chi connectivity index (χ1v) is 20.1. The SMILES string of the molecule is CC(C)(C)[Si](OC[C@@H](O)C[C@H]1C[C@@H](O[Si](c2ccccc2)(c2ccccc2)C(C)(C)C)C(=O)O1)(c1ccccc1)c1ccccc1. The maximum atomic E-state index is 13.4. The van der Waals surface area contributed by atoms with E-state index in [0.717, 1.165) is 20.7 Å². The molecule has 0 amide bonds. The van der Waals surface area contributed by atoms with E-state index >= 15 is 0 Å². The highest BCUT2D eigenvalue weighted by Crippen LogP contribution is 2.40. The zero-order chi connectivity index (χ0) is 33.0. The van der Waals surface area contributed by atoms with Gasteiger partial charge in [-0.2, -0.15) is 0 Å². The fourth-order valence-electron chi connectivity index (χ4n) is 7.12. The zero-order valence-corrected chi connectivity index (χ0v) is 30.0. The summed E-state index contributed by atoms with van der Waals surface area (Å²) in [4.78, 5) is 13.4. The van der Waals surface area contributed by atoms with Gasteiger partial charge in [0.25, 0.3) is 16.6 Å². The molecule has 242 valence electrons. The maximum Gasteiger partial charge on any atom is 0.334 e. The summed E-state index contributed by atoms with van der Waals surface area (Å²) in [5.74, 6) is -0.363. The van der Waals surface area contributed by atoms with Gasteiger partial charge in [-0.3, -0.25) is 0 Å². The molecule has 0 spiro atoms. The Morgan fingerprint density at radius 3 is 1.41 bits per heavy atom. The Hall–Kier alpha value is -3.34. The quantitative estimate of drug-likeness (QED) is 0.170. The number of aliphatic hydroxyl groups excluding tert-OH is 1. The van der Waals surface area contributed by atoms with Gasteiger partial charge in [0.15, 0.2) is 0 Å². The molecule has 0 saturated carbocycles. The van der Waals surface area contributed by atoms with Gasteiger partial charge in [-0.05, 0) is 30.8 Å². The van der Waals surface area contributed by atoms with Crippen molar-refractivity contribution in [3.05, 3.63) is 121 Å². The van der Waals surface area contributed by atoms with E-state index in [1.807, 2.05) is 48.5 Å². The molecule has 4 aromatic rings. The standard InChI is InChI=1S/C39H48O5Si2/c1-38(2,3)45(32-19-11-7-12-20-32,33-21-13-8-14-22-33)42-29-30(40)27-31-28-36(37(41)43-31)44-46(39(4,5)6,34-23-15-9-16-24-34)35-25-17-10-18-26-35/h7-26,30-31,36,40H,27-29H2,1-6H3/t30-,31-,36+/m0/s1. The van der Waals surface area contributed by atoms with Crippen molar-refractivity contribution in [2.75, 3.05) is 6.61 Å². The van der Waals surface area contributed by atoms with E-state index < -0.39 is 34.9 Å². The first-order chi connectivity index (χ1) is 21.9.